The van der Waals surface area contributed by atoms with Crippen molar-refractivity contribution in [2.24, 2.45) is 0 Å². The van der Waals surface area contributed by atoms with E-state index in [2.05, 4.69) is 31.9 Å². The monoisotopic (exact) mass is 244 g/mol. The molecule has 6 nitrogen and oxygen atoms in total. The molecule has 18 heavy (non-hydrogen) atoms. The van der Waals surface area contributed by atoms with Gasteiger partial charge in [0.25, 0.3) is 0 Å². The molecular weight excluding hydrogens is 230 g/mol. The van der Waals surface area contributed by atoms with E-state index in [9.17, 15) is 0 Å². The third-order valence-corrected chi connectivity index (χ3v) is 2.20. The Bertz CT molecular complexity index is 491. The van der Waals surface area contributed by atoms with Crippen molar-refractivity contribution in [3.05, 3.63) is 36.7 Å². The summed E-state index contributed by atoms with van der Waals surface area (Å²) in [6, 6.07) is 9.46. The van der Waals surface area contributed by atoms with Crippen molar-refractivity contribution >= 4 is 17.6 Å². The quantitative estimate of drug-likeness (QED) is 0.733. The highest BCUT2D eigenvalue weighted by Crippen LogP contribution is 2.12. The van der Waals surface area contributed by atoms with Gasteiger partial charge in [-0.15, -0.1) is 0 Å². The lowest BCUT2D eigenvalue weighted by molar-refractivity contribution is 0.281. The van der Waals surface area contributed by atoms with E-state index in [4.69, 9.17) is 5.11 Å². The van der Waals surface area contributed by atoms with Gasteiger partial charge < -0.3 is 15.7 Å². The van der Waals surface area contributed by atoms with E-state index in [1.54, 1.807) is 0 Å². The lowest BCUT2D eigenvalue weighted by atomic mass is 10.3. The molecule has 0 bridgehead atoms. The largest absolute Gasteiger partial charge is 0.394 e. The van der Waals surface area contributed by atoms with E-state index < -0.39 is 0 Å². The molecule has 2 rings (SSSR count). The van der Waals surface area contributed by atoms with Crippen LogP contribution in [0.25, 0.3) is 0 Å². The Hall–Kier alpha value is -2.21. The van der Waals surface area contributed by atoms with Crippen molar-refractivity contribution < 1.29 is 5.11 Å². The summed E-state index contributed by atoms with van der Waals surface area (Å²) < 4.78 is 0. The average Bonchev–Trinajstić information content (AvgIpc) is 2.40. The number of aliphatic hydroxyl groups excluding tert-OH is 1. The van der Waals surface area contributed by atoms with Crippen LogP contribution < -0.4 is 10.6 Å². The zero-order chi connectivity index (χ0) is 12.8. The highest BCUT2D eigenvalue weighted by Gasteiger charge is 2.04. The summed E-state index contributed by atoms with van der Waals surface area (Å²) in [6.07, 6.45) is 2.51. The minimum absolute atomic E-state index is 0.00707. The summed E-state index contributed by atoms with van der Waals surface area (Å²) in [5, 5.41) is 14.9. The predicted octanol–water partition coefficient (Wildman–Crippen LogP) is 1.21. The summed E-state index contributed by atoms with van der Waals surface area (Å²) in [5.41, 5.74) is 0.887. The third kappa shape index (κ3) is 3.39. The Kier molecular flexibility index (Phi) is 4.03. The van der Waals surface area contributed by atoms with Crippen molar-refractivity contribution in [2.45, 2.75) is 13.0 Å². The van der Waals surface area contributed by atoms with Crippen molar-refractivity contribution in [2.75, 3.05) is 17.2 Å². The normalized spacial score (nSPS) is 11.9. The molecule has 0 saturated heterocycles. The number of hydrogen-bond acceptors (Lipinski definition) is 6. The Morgan fingerprint density at radius 3 is 2.67 bits per heavy atom. The molecule has 93 valence electrons. The molecule has 1 unspecified atom stereocenters. The van der Waals surface area contributed by atoms with E-state index >= 15 is 0 Å². The van der Waals surface area contributed by atoms with Gasteiger partial charge in [-0.3, -0.25) is 0 Å². The van der Waals surface area contributed by atoms with Crippen LogP contribution >= 0.6 is 0 Å². The molecule has 1 atom stereocenters. The maximum Gasteiger partial charge on any atom is 0.232 e. The fourth-order valence-electron chi connectivity index (χ4n) is 1.31. The first-order chi connectivity index (χ1) is 8.78. The number of anilines is 3. The van der Waals surface area contributed by atoms with Crippen molar-refractivity contribution in [3.63, 3.8) is 0 Å². The lowest BCUT2D eigenvalue weighted by Gasteiger charge is -2.10. The molecule has 6 heteroatoms. The standard InChI is InChI=1S/C12H14N5O/c1-9(7-18)15-11-13-8-14-12(17-11)16-10-5-3-2-4-6-10/h2-6,9,18H,7H2,1H3,(H2,13,14,15,16,17). The van der Waals surface area contributed by atoms with E-state index in [1.165, 1.54) is 0 Å². The van der Waals surface area contributed by atoms with Crippen LogP contribution in [0, 0.1) is 6.33 Å². The van der Waals surface area contributed by atoms with E-state index in [0.717, 1.165) is 5.69 Å². The van der Waals surface area contributed by atoms with Gasteiger partial charge in [0.05, 0.1) is 6.61 Å². The van der Waals surface area contributed by atoms with Gasteiger partial charge in [-0.05, 0) is 19.1 Å². The maximum absolute atomic E-state index is 8.94. The topological polar surface area (TPSA) is 83.0 Å². The SMILES string of the molecule is CC(CO)Nc1n[c]nc(Nc2ccccc2)n1. The fraction of sp³-hybridized carbons (Fsp3) is 0.250. The number of para-hydroxylation sites is 1. The molecule has 0 amide bonds. The zero-order valence-electron chi connectivity index (χ0n) is 9.96. The molecule has 0 spiro atoms. The highest BCUT2D eigenvalue weighted by atomic mass is 16.3. The summed E-state index contributed by atoms with van der Waals surface area (Å²) in [7, 11) is 0. The Labute approximate surface area is 105 Å². The van der Waals surface area contributed by atoms with Gasteiger partial charge in [0.2, 0.25) is 18.2 Å². The molecule has 3 N–H and O–H groups in total. The summed E-state index contributed by atoms with van der Waals surface area (Å²) in [4.78, 5) is 11.9. The van der Waals surface area contributed by atoms with Gasteiger partial charge in [0, 0.05) is 11.7 Å². The van der Waals surface area contributed by atoms with Gasteiger partial charge in [0.1, 0.15) is 0 Å². The van der Waals surface area contributed by atoms with Crippen molar-refractivity contribution in [3.8, 4) is 0 Å². The third-order valence-electron chi connectivity index (χ3n) is 2.20. The summed E-state index contributed by atoms with van der Waals surface area (Å²) >= 11 is 0. The highest BCUT2D eigenvalue weighted by molar-refractivity contribution is 5.53. The van der Waals surface area contributed by atoms with Crippen molar-refractivity contribution in [1.82, 2.24) is 15.0 Å². The second kappa shape index (κ2) is 5.92. The van der Waals surface area contributed by atoms with Gasteiger partial charge in [-0.25, -0.2) is 0 Å². The zero-order valence-corrected chi connectivity index (χ0v) is 9.96. The van der Waals surface area contributed by atoms with Crippen LogP contribution in [0.1, 0.15) is 6.92 Å². The number of aliphatic hydroxyl groups is 1. The molecule has 0 aliphatic carbocycles. The van der Waals surface area contributed by atoms with Crippen LogP contribution in [0.3, 0.4) is 0 Å². The minimum atomic E-state index is -0.120. The minimum Gasteiger partial charge on any atom is -0.394 e. The first kappa shape index (κ1) is 12.3. The van der Waals surface area contributed by atoms with E-state index in [0.29, 0.717) is 11.9 Å². The molecule has 2 aromatic rings. The van der Waals surface area contributed by atoms with Crippen LogP contribution in [0.4, 0.5) is 17.6 Å². The number of rotatable bonds is 5. The molecule has 1 heterocycles. The smallest absolute Gasteiger partial charge is 0.232 e. The van der Waals surface area contributed by atoms with E-state index in [-0.39, 0.29) is 12.6 Å². The van der Waals surface area contributed by atoms with Crippen molar-refractivity contribution in [1.29, 1.82) is 0 Å². The molecule has 1 aromatic carbocycles. The van der Waals surface area contributed by atoms with Crippen LogP contribution in [0.5, 0.6) is 0 Å². The molecule has 1 aromatic heterocycles. The first-order valence-electron chi connectivity index (χ1n) is 5.59. The molecule has 0 saturated carbocycles. The molecule has 0 aliphatic heterocycles. The van der Waals surface area contributed by atoms with Crippen LogP contribution in [-0.4, -0.2) is 32.7 Å². The number of aromatic nitrogens is 3. The van der Waals surface area contributed by atoms with Gasteiger partial charge in [-0.1, -0.05) is 18.2 Å². The van der Waals surface area contributed by atoms with Crippen LogP contribution in [-0.2, 0) is 0 Å². The Balaban J connectivity index is 2.08. The Morgan fingerprint density at radius 1 is 1.22 bits per heavy atom. The van der Waals surface area contributed by atoms with Gasteiger partial charge in [-0.2, -0.15) is 15.0 Å². The molecule has 0 fully saturated rings. The van der Waals surface area contributed by atoms with Gasteiger partial charge in [0.15, 0.2) is 0 Å². The maximum atomic E-state index is 8.94. The molecule has 0 aliphatic rings. The average molecular weight is 244 g/mol. The second-order valence-electron chi connectivity index (χ2n) is 3.80. The number of nitrogens with zero attached hydrogens (tertiary/aromatic N) is 3. The lowest BCUT2D eigenvalue weighted by Crippen LogP contribution is -2.21. The number of benzene rings is 1. The molecule has 1 radical (unpaired) electrons. The second-order valence-corrected chi connectivity index (χ2v) is 3.80. The number of hydrogen-bond donors (Lipinski definition) is 3. The first-order valence-corrected chi connectivity index (χ1v) is 5.59. The van der Waals surface area contributed by atoms with Crippen LogP contribution in [0.15, 0.2) is 30.3 Å². The predicted molar refractivity (Wildman–Crippen MR) is 68.6 cm³/mol. The number of nitrogens with one attached hydrogen (secondary N) is 2. The van der Waals surface area contributed by atoms with Crippen LogP contribution in [0.2, 0.25) is 0 Å². The van der Waals surface area contributed by atoms with E-state index in [1.807, 2.05) is 37.3 Å². The van der Waals surface area contributed by atoms with Gasteiger partial charge >= 0.3 is 0 Å². The summed E-state index contributed by atoms with van der Waals surface area (Å²) in [5.74, 6) is 0.786. The fourth-order valence-corrected chi connectivity index (χ4v) is 1.31. The Morgan fingerprint density at radius 2 is 1.94 bits per heavy atom. The molecular formula is C12H14N5O. The summed E-state index contributed by atoms with van der Waals surface area (Å²) in [6.45, 7) is 1.83.